The predicted molar refractivity (Wildman–Crippen MR) is 115 cm³/mol. The largest absolute Gasteiger partial charge is 0.450 e. The third-order valence-electron chi connectivity index (χ3n) is 5.13. The van der Waals surface area contributed by atoms with Crippen LogP contribution in [0.3, 0.4) is 0 Å². The van der Waals surface area contributed by atoms with E-state index in [9.17, 15) is 22.8 Å². The van der Waals surface area contributed by atoms with Crippen molar-refractivity contribution in [1.82, 2.24) is 9.21 Å². The van der Waals surface area contributed by atoms with Gasteiger partial charge >= 0.3 is 5.97 Å². The number of esters is 1. The first-order valence-corrected chi connectivity index (χ1v) is 11.3. The summed E-state index contributed by atoms with van der Waals surface area (Å²) >= 11 is 0. The lowest BCUT2D eigenvalue weighted by molar-refractivity contribution is -0.135. The minimum atomic E-state index is -3.63. The second-order valence-electron chi connectivity index (χ2n) is 7.15. The van der Waals surface area contributed by atoms with Crippen LogP contribution in [-0.4, -0.2) is 62.3 Å². The number of benzene rings is 2. The van der Waals surface area contributed by atoms with Gasteiger partial charge in [0.2, 0.25) is 15.8 Å². The lowest BCUT2D eigenvalue weighted by Gasteiger charge is -2.33. The molecule has 10 heteroatoms. The summed E-state index contributed by atoms with van der Waals surface area (Å²) in [7, 11) is -3.63. The number of carbonyl (C=O) groups is 2. The fourth-order valence-electron chi connectivity index (χ4n) is 3.41. The highest BCUT2D eigenvalue weighted by molar-refractivity contribution is 7.89. The Morgan fingerprint density at radius 3 is 2.31 bits per heavy atom. The smallest absolute Gasteiger partial charge is 0.374 e. The average molecular weight is 456 g/mol. The Balaban J connectivity index is 1.34. The van der Waals surface area contributed by atoms with E-state index in [2.05, 4.69) is 0 Å². The lowest BCUT2D eigenvalue weighted by Crippen LogP contribution is -2.51. The first kappa shape index (κ1) is 21.7. The molecule has 1 aliphatic rings. The van der Waals surface area contributed by atoms with Gasteiger partial charge in [-0.3, -0.25) is 9.59 Å². The van der Waals surface area contributed by atoms with Gasteiger partial charge in [0.05, 0.1) is 10.3 Å². The first-order chi connectivity index (χ1) is 15.4. The van der Waals surface area contributed by atoms with Crippen molar-refractivity contribution >= 4 is 32.9 Å². The van der Waals surface area contributed by atoms with E-state index in [-0.39, 0.29) is 47.8 Å². The minimum Gasteiger partial charge on any atom is -0.450 e. The number of sulfonamides is 1. The molecular weight excluding hydrogens is 436 g/mol. The van der Waals surface area contributed by atoms with E-state index in [4.69, 9.17) is 9.15 Å². The van der Waals surface area contributed by atoms with Gasteiger partial charge in [-0.05, 0) is 24.3 Å². The number of nitrogens with zero attached hydrogens (tertiary/aromatic N) is 2. The normalized spacial score (nSPS) is 14.9. The molecule has 0 aliphatic carbocycles. The molecule has 0 atom stereocenters. The number of fused-ring (bicyclic) bond motifs is 1. The Morgan fingerprint density at radius 2 is 1.59 bits per heavy atom. The van der Waals surface area contributed by atoms with Crippen LogP contribution in [0.15, 0.2) is 74.8 Å². The molecule has 3 aromatic rings. The topological polar surface area (TPSA) is 114 Å². The summed E-state index contributed by atoms with van der Waals surface area (Å²) in [4.78, 5) is 38.4. The Bertz CT molecular complexity index is 1310. The zero-order chi connectivity index (χ0) is 22.7. The standard InChI is InChI=1S/C22H20N2O7S/c25-18-14-20(31-19-9-5-4-8-17(18)19)22(27)30-15-21(26)23-10-12-24(13-11-23)32(28,29)16-6-2-1-3-7-16/h1-9,14H,10-13,15H2. The summed E-state index contributed by atoms with van der Waals surface area (Å²) in [6.07, 6.45) is 0. The Hall–Kier alpha value is -3.50. The molecule has 4 rings (SSSR count). The maximum Gasteiger partial charge on any atom is 0.374 e. The van der Waals surface area contributed by atoms with Crippen LogP contribution in [0.5, 0.6) is 0 Å². The summed E-state index contributed by atoms with van der Waals surface area (Å²) in [5.74, 6) is -1.68. The molecule has 0 radical (unpaired) electrons. The van der Waals surface area contributed by atoms with E-state index >= 15 is 0 Å². The first-order valence-electron chi connectivity index (χ1n) is 9.89. The van der Waals surface area contributed by atoms with E-state index in [1.54, 1.807) is 42.5 Å². The van der Waals surface area contributed by atoms with Crippen molar-refractivity contribution in [3.05, 3.63) is 76.6 Å². The lowest BCUT2D eigenvalue weighted by atomic mass is 10.2. The summed E-state index contributed by atoms with van der Waals surface area (Å²) in [5.41, 5.74) is -0.144. The molecule has 0 spiro atoms. The molecule has 32 heavy (non-hydrogen) atoms. The zero-order valence-electron chi connectivity index (χ0n) is 17.0. The number of ether oxygens (including phenoxy) is 1. The quantitative estimate of drug-likeness (QED) is 0.534. The molecule has 1 amide bonds. The highest BCUT2D eigenvalue weighted by Gasteiger charge is 2.30. The number of para-hydroxylation sites is 1. The molecule has 0 bridgehead atoms. The molecule has 1 saturated heterocycles. The van der Waals surface area contributed by atoms with Crippen molar-refractivity contribution in [3.8, 4) is 0 Å². The highest BCUT2D eigenvalue weighted by Crippen LogP contribution is 2.17. The van der Waals surface area contributed by atoms with Gasteiger partial charge in [-0.15, -0.1) is 0 Å². The van der Waals surface area contributed by atoms with Gasteiger partial charge < -0.3 is 14.1 Å². The summed E-state index contributed by atoms with van der Waals surface area (Å²) in [6, 6.07) is 15.6. The van der Waals surface area contributed by atoms with Crippen molar-refractivity contribution in [2.45, 2.75) is 4.90 Å². The number of hydrogen-bond acceptors (Lipinski definition) is 7. The third kappa shape index (κ3) is 4.41. The third-order valence-corrected chi connectivity index (χ3v) is 7.05. The molecular formula is C22H20N2O7S. The molecule has 0 N–H and O–H groups in total. The molecule has 2 heterocycles. The van der Waals surface area contributed by atoms with Crippen LogP contribution >= 0.6 is 0 Å². The summed E-state index contributed by atoms with van der Waals surface area (Å²) < 4.78 is 37.1. The summed E-state index contributed by atoms with van der Waals surface area (Å²) in [5, 5.41) is 0.337. The van der Waals surface area contributed by atoms with E-state index in [0.717, 1.165) is 6.07 Å². The van der Waals surface area contributed by atoms with Gasteiger partial charge in [0.25, 0.3) is 5.91 Å². The van der Waals surface area contributed by atoms with Crippen LogP contribution < -0.4 is 5.43 Å². The van der Waals surface area contributed by atoms with Crippen LogP contribution in [-0.2, 0) is 19.6 Å². The van der Waals surface area contributed by atoms with Crippen molar-refractivity contribution in [2.75, 3.05) is 32.8 Å². The van der Waals surface area contributed by atoms with Crippen LogP contribution in [0, 0.1) is 0 Å². The van der Waals surface area contributed by atoms with Gasteiger partial charge in [-0.1, -0.05) is 30.3 Å². The highest BCUT2D eigenvalue weighted by atomic mass is 32.2. The molecule has 1 fully saturated rings. The molecule has 0 saturated carbocycles. The zero-order valence-corrected chi connectivity index (χ0v) is 17.8. The number of amides is 1. The Morgan fingerprint density at radius 1 is 0.938 bits per heavy atom. The van der Waals surface area contributed by atoms with Crippen molar-refractivity contribution in [1.29, 1.82) is 0 Å². The van der Waals surface area contributed by atoms with Gasteiger partial charge in [0.1, 0.15) is 5.58 Å². The molecule has 1 aromatic heterocycles. The molecule has 1 aliphatic heterocycles. The number of piperazine rings is 1. The molecule has 0 unspecified atom stereocenters. The van der Waals surface area contributed by atoms with Gasteiger partial charge in [-0.25, -0.2) is 13.2 Å². The van der Waals surface area contributed by atoms with Crippen molar-refractivity contribution in [3.63, 3.8) is 0 Å². The van der Waals surface area contributed by atoms with Gasteiger partial charge in [0, 0.05) is 32.2 Å². The molecule has 166 valence electrons. The van der Waals surface area contributed by atoms with E-state index in [1.165, 1.54) is 21.3 Å². The van der Waals surface area contributed by atoms with E-state index < -0.39 is 28.5 Å². The van der Waals surface area contributed by atoms with Crippen LogP contribution in [0.2, 0.25) is 0 Å². The average Bonchev–Trinajstić information content (AvgIpc) is 2.83. The maximum absolute atomic E-state index is 12.7. The maximum atomic E-state index is 12.7. The van der Waals surface area contributed by atoms with Crippen LogP contribution in [0.25, 0.3) is 11.0 Å². The van der Waals surface area contributed by atoms with Crippen LogP contribution in [0.4, 0.5) is 0 Å². The van der Waals surface area contributed by atoms with E-state index in [0.29, 0.717) is 5.39 Å². The van der Waals surface area contributed by atoms with Gasteiger partial charge in [-0.2, -0.15) is 4.31 Å². The van der Waals surface area contributed by atoms with Crippen molar-refractivity contribution < 1.29 is 27.2 Å². The van der Waals surface area contributed by atoms with Gasteiger partial charge in [0.15, 0.2) is 12.0 Å². The van der Waals surface area contributed by atoms with Crippen molar-refractivity contribution in [2.24, 2.45) is 0 Å². The van der Waals surface area contributed by atoms with E-state index in [1.807, 2.05) is 0 Å². The summed E-state index contributed by atoms with van der Waals surface area (Å²) in [6.45, 7) is 0.0781. The second kappa shape index (κ2) is 8.93. The Kier molecular flexibility index (Phi) is 6.06. The number of carbonyl (C=O) groups excluding carboxylic acids is 2. The predicted octanol–water partition coefficient (Wildman–Crippen LogP) is 1.48. The fraction of sp³-hybridized carbons (Fsp3) is 0.227. The fourth-order valence-corrected chi connectivity index (χ4v) is 4.86. The number of rotatable bonds is 5. The SMILES string of the molecule is O=C(OCC(=O)N1CCN(S(=O)(=O)c2ccccc2)CC1)c1cc(=O)c2ccccc2o1. The molecule has 2 aromatic carbocycles. The Labute approximate surface area is 183 Å². The number of hydrogen-bond donors (Lipinski definition) is 0. The minimum absolute atomic E-state index is 0.135. The second-order valence-corrected chi connectivity index (χ2v) is 9.08. The molecule has 9 nitrogen and oxygen atoms in total. The van der Waals surface area contributed by atoms with Crippen LogP contribution in [0.1, 0.15) is 10.6 Å². The monoisotopic (exact) mass is 456 g/mol.